The number of carbonyl (C=O) groups excluding carboxylic acids is 2. The molecule has 294 valence electrons. The van der Waals surface area contributed by atoms with Gasteiger partial charge in [-0.3, -0.25) is 4.79 Å². The smallest absolute Gasteiger partial charge is 0.357 e. The molecule has 0 bridgehead atoms. The summed E-state index contributed by atoms with van der Waals surface area (Å²) < 4.78 is 64.7. The van der Waals surface area contributed by atoms with Crippen molar-refractivity contribution >= 4 is 49.0 Å². The van der Waals surface area contributed by atoms with Gasteiger partial charge in [0.25, 0.3) is 0 Å². The van der Waals surface area contributed by atoms with Crippen LogP contribution >= 0.6 is 27.3 Å². The van der Waals surface area contributed by atoms with Crippen molar-refractivity contribution in [2.24, 2.45) is 5.92 Å². The first-order valence-corrected chi connectivity index (χ1v) is 21.3. The highest BCUT2D eigenvalue weighted by Crippen LogP contribution is 2.41. The number of hydrogen-bond acceptors (Lipinski definition) is 9. The van der Waals surface area contributed by atoms with E-state index in [9.17, 15) is 18.0 Å². The topological polar surface area (TPSA) is 117 Å². The van der Waals surface area contributed by atoms with E-state index < -0.39 is 26.7 Å². The van der Waals surface area contributed by atoms with E-state index in [0.717, 1.165) is 22.9 Å². The van der Waals surface area contributed by atoms with Gasteiger partial charge in [0.15, 0.2) is 11.5 Å². The zero-order valence-corrected chi connectivity index (χ0v) is 34.6. The Balaban J connectivity index is 1.28. The predicted octanol–water partition coefficient (Wildman–Crippen LogP) is 9.41. The molecule has 1 aliphatic carbocycles. The van der Waals surface area contributed by atoms with E-state index in [1.807, 2.05) is 34.9 Å². The molecule has 0 unspecified atom stereocenters. The number of thiazole rings is 1. The molecule has 1 saturated carbocycles. The lowest BCUT2D eigenvalue weighted by Crippen LogP contribution is -2.31. The van der Waals surface area contributed by atoms with Crippen molar-refractivity contribution in [3.63, 3.8) is 0 Å². The number of carbonyl (C=O) groups is 2. The lowest BCUT2D eigenvalue weighted by molar-refractivity contribution is 0.0520. The summed E-state index contributed by atoms with van der Waals surface area (Å²) in [7, 11) is -1.29. The number of benzene rings is 4. The molecule has 0 aliphatic heterocycles. The molecule has 0 N–H and O–H groups in total. The largest absolute Gasteiger partial charge is 0.497 e. The summed E-state index contributed by atoms with van der Waals surface area (Å²) in [5, 5.41) is 2.08. The molecule has 2 heterocycles. The number of esters is 1. The third-order valence-corrected chi connectivity index (χ3v) is 12.8. The summed E-state index contributed by atoms with van der Waals surface area (Å²) in [6.07, 6.45) is 1.48. The minimum absolute atomic E-state index is 0.0248. The van der Waals surface area contributed by atoms with Crippen LogP contribution < -0.4 is 9.47 Å². The SMILES string of the molecule is CCOC(=O)c1csc(-c2cc(-c3cccc(Br)c3)n(Cc3ccc(S(=O)(=O)N(Cc4ccc(OC)cc4)Cc4ccc(OC)cc4)c(F)c3)c2C(=O)C2CC2)n1. The van der Waals surface area contributed by atoms with Crippen LogP contribution in [0.25, 0.3) is 21.8 Å². The summed E-state index contributed by atoms with van der Waals surface area (Å²) >= 11 is 4.79. The number of rotatable bonds is 16. The van der Waals surface area contributed by atoms with Gasteiger partial charge in [-0.1, -0.05) is 58.4 Å². The quantitative estimate of drug-likeness (QED) is 0.0698. The maximum absolute atomic E-state index is 16.4. The first-order chi connectivity index (χ1) is 27.5. The lowest BCUT2D eigenvalue weighted by Gasteiger charge is -2.23. The van der Waals surface area contributed by atoms with E-state index in [1.165, 1.54) is 27.8 Å². The fraction of sp³-hybridized carbons (Fsp3) is 0.233. The summed E-state index contributed by atoms with van der Waals surface area (Å²) in [6, 6.07) is 27.6. The van der Waals surface area contributed by atoms with Crippen molar-refractivity contribution in [2.45, 2.75) is 44.3 Å². The molecule has 4 aromatic carbocycles. The number of hydrogen-bond donors (Lipinski definition) is 0. The van der Waals surface area contributed by atoms with Crippen molar-refractivity contribution in [1.82, 2.24) is 13.9 Å². The maximum Gasteiger partial charge on any atom is 0.357 e. The fourth-order valence-electron chi connectivity index (χ4n) is 6.53. The van der Waals surface area contributed by atoms with Crippen LogP contribution in [0.4, 0.5) is 4.39 Å². The summed E-state index contributed by atoms with van der Waals surface area (Å²) in [5.74, 6) is -0.489. The van der Waals surface area contributed by atoms with E-state index in [4.69, 9.17) is 14.2 Å². The third-order valence-electron chi connectivity index (χ3n) is 9.61. The van der Waals surface area contributed by atoms with Gasteiger partial charge in [0.2, 0.25) is 10.0 Å². The summed E-state index contributed by atoms with van der Waals surface area (Å²) in [4.78, 5) is 30.8. The molecule has 0 atom stereocenters. The molecule has 14 heteroatoms. The number of ketones is 1. The molecule has 0 radical (unpaired) electrons. The number of methoxy groups -OCH3 is 2. The number of aromatic nitrogens is 2. The molecule has 1 aliphatic rings. The van der Waals surface area contributed by atoms with E-state index in [2.05, 4.69) is 20.9 Å². The van der Waals surface area contributed by atoms with Crippen molar-refractivity contribution in [2.75, 3.05) is 20.8 Å². The molecular formula is C43H39BrFN3O7S2. The summed E-state index contributed by atoms with van der Waals surface area (Å²) in [5.41, 5.74) is 4.37. The van der Waals surface area contributed by atoms with Crippen molar-refractivity contribution in [3.05, 3.63) is 141 Å². The van der Waals surface area contributed by atoms with Crippen LogP contribution in [0.15, 0.2) is 112 Å². The second-order valence-electron chi connectivity index (χ2n) is 13.5. The number of sulfonamides is 1. The van der Waals surface area contributed by atoms with Crippen LogP contribution in [0, 0.1) is 11.7 Å². The van der Waals surface area contributed by atoms with Crippen LogP contribution in [-0.2, 0) is 34.4 Å². The Kier molecular flexibility index (Phi) is 12.1. The van der Waals surface area contributed by atoms with Gasteiger partial charge in [-0.15, -0.1) is 11.3 Å². The average molecular weight is 873 g/mol. The molecule has 2 aromatic heterocycles. The van der Waals surface area contributed by atoms with Crippen LogP contribution in [0.2, 0.25) is 0 Å². The van der Waals surface area contributed by atoms with Gasteiger partial charge in [0, 0.05) is 46.7 Å². The van der Waals surface area contributed by atoms with E-state index >= 15 is 4.39 Å². The second-order valence-corrected chi connectivity index (χ2v) is 17.2. The van der Waals surface area contributed by atoms with E-state index in [-0.39, 0.29) is 43.6 Å². The van der Waals surface area contributed by atoms with Crippen LogP contribution in [0.1, 0.15) is 57.4 Å². The fourth-order valence-corrected chi connectivity index (χ4v) is 9.20. The molecule has 0 saturated heterocycles. The van der Waals surface area contributed by atoms with Crippen LogP contribution in [-0.4, -0.2) is 54.9 Å². The Bertz CT molecular complexity index is 2480. The van der Waals surface area contributed by atoms with Crippen LogP contribution in [0.3, 0.4) is 0 Å². The Labute approximate surface area is 343 Å². The molecule has 1 fully saturated rings. The number of halogens is 2. The third kappa shape index (κ3) is 8.89. The average Bonchev–Trinajstić information content (AvgIpc) is 3.83. The first kappa shape index (κ1) is 40.1. The normalized spacial score (nSPS) is 12.8. The Morgan fingerprint density at radius 2 is 1.53 bits per heavy atom. The van der Waals surface area contributed by atoms with Crippen molar-refractivity contribution in [1.29, 1.82) is 0 Å². The van der Waals surface area contributed by atoms with Gasteiger partial charge in [-0.2, -0.15) is 4.31 Å². The van der Waals surface area contributed by atoms with Gasteiger partial charge < -0.3 is 18.8 Å². The van der Waals surface area contributed by atoms with Gasteiger partial charge in [-0.25, -0.2) is 22.6 Å². The monoisotopic (exact) mass is 871 g/mol. The molecule has 0 spiro atoms. The van der Waals surface area contributed by atoms with Crippen molar-refractivity contribution < 1.29 is 36.6 Å². The standard InChI is InChI=1S/C43H39BrFN3O7S2/c1-4-55-43(50)37-26-56-42(46-37)35-22-38(31-6-5-7-32(44)21-31)48(40(35)41(49)30-13-14-30)25-29-12-19-39(36(45)20-29)57(51,52)47(23-27-8-15-33(53-2)16-9-27)24-28-10-17-34(54-3)18-11-28/h5-12,15-22,26,30H,4,13-14,23-25H2,1-3H3. The van der Waals surface area contributed by atoms with E-state index in [0.29, 0.717) is 50.1 Å². The minimum Gasteiger partial charge on any atom is -0.497 e. The zero-order chi connectivity index (χ0) is 40.3. The highest BCUT2D eigenvalue weighted by Gasteiger charge is 2.36. The molecular weight excluding hydrogens is 834 g/mol. The Morgan fingerprint density at radius 1 is 0.895 bits per heavy atom. The number of nitrogens with zero attached hydrogens (tertiary/aromatic N) is 3. The lowest BCUT2D eigenvalue weighted by atomic mass is 10.1. The molecule has 7 rings (SSSR count). The van der Waals surface area contributed by atoms with Gasteiger partial charge >= 0.3 is 5.97 Å². The number of Topliss-reactive ketones (excluding diaryl/α,β-unsaturated/α-hetero) is 1. The van der Waals surface area contributed by atoms with Gasteiger partial charge in [0.05, 0.1) is 26.5 Å². The Morgan fingerprint density at radius 3 is 2.09 bits per heavy atom. The minimum atomic E-state index is -4.39. The molecule has 10 nitrogen and oxygen atoms in total. The predicted molar refractivity (Wildman–Crippen MR) is 220 cm³/mol. The molecule has 57 heavy (non-hydrogen) atoms. The molecule has 6 aromatic rings. The highest BCUT2D eigenvalue weighted by molar-refractivity contribution is 9.10. The van der Waals surface area contributed by atoms with Crippen LogP contribution in [0.5, 0.6) is 11.5 Å². The van der Waals surface area contributed by atoms with E-state index in [1.54, 1.807) is 81.1 Å². The zero-order valence-electron chi connectivity index (χ0n) is 31.4. The number of ether oxygens (including phenoxy) is 3. The van der Waals surface area contributed by atoms with Gasteiger partial charge in [-0.05, 0) is 96.6 Å². The highest BCUT2D eigenvalue weighted by atomic mass is 79.9. The maximum atomic E-state index is 16.4. The van der Waals surface area contributed by atoms with Gasteiger partial charge in [0.1, 0.15) is 27.2 Å². The molecule has 0 amide bonds. The Hall–Kier alpha value is -5.15. The van der Waals surface area contributed by atoms with Crippen molar-refractivity contribution in [3.8, 4) is 33.3 Å². The first-order valence-electron chi connectivity index (χ1n) is 18.2. The second kappa shape index (κ2) is 17.1. The summed E-state index contributed by atoms with van der Waals surface area (Å²) in [6.45, 7) is 1.91.